The molecular formula is C59H41F6N15. The number of nitrogens with zero attached hydrogens (tertiary/aromatic N) is 15. The van der Waals surface area contributed by atoms with Gasteiger partial charge in [-0.3, -0.25) is 0 Å². The monoisotopic (exact) mass is 1070 g/mol. The van der Waals surface area contributed by atoms with E-state index in [1.165, 1.54) is 12.1 Å². The second kappa shape index (κ2) is 18.6. The maximum Gasteiger partial charge on any atom is 0.417 e. The number of fused-ring (bicyclic) bond motifs is 6. The van der Waals surface area contributed by atoms with Crippen molar-refractivity contribution in [3.8, 4) is 74.1 Å². The van der Waals surface area contributed by atoms with Gasteiger partial charge in [0, 0.05) is 43.8 Å². The molecule has 0 amide bonds. The highest BCUT2D eigenvalue weighted by molar-refractivity contribution is 6.13. The number of aryl methyl sites for hydroxylation is 8. The zero-order valence-electron chi connectivity index (χ0n) is 43.8. The summed E-state index contributed by atoms with van der Waals surface area (Å²) in [4.78, 5) is 54.6. The van der Waals surface area contributed by atoms with Crippen LogP contribution in [0.25, 0.3) is 112 Å². The first-order valence-electron chi connectivity index (χ1n) is 24.9. The average Bonchev–Trinajstić information content (AvgIpc) is 3.96. The van der Waals surface area contributed by atoms with Gasteiger partial charge in [-0.15, -0.1) is 0 Å². The second-order valence-corrected chi connectivity index (χ2v) is 19.4. The van der Waals surface area contributed by atoms with Gasteiger partial charge in [-0.1, -0.05) is 54.6 Å². The van der Waals surface area contributed by atoms with Gasteiger partial charge in [-0.05, 0) is 115 Å². The van der Waals surface area contributed by atoms with Crippen LogP contribution in [-0.2, 0) is 12.4 Å². The van der Waals surface area contributed by atoms with Crippen molar-refractivity contribution in [2.75, 3.05) is 0 Å². The van der Waals surface area contributed by atoms with E-state index in [4.69, 9.17) is 0 Å². The summed E-state index contributed by atoms with van der Waals surface area (Å²) >= 11 is 0. The summed E-state index contributed by atoms with van der Waals surface area (Å²) in [6, 6.07) is 29.0. The SMILES string of the molecule is Cc1nc(C)nc(-c2ccc3c4ccc(-c5nc(C)nc(C)n5)cc4n(-c4cc(-c5ccc(C(F)(F)F)cc5C(F)(F)F)cc(-n5c6cc(-c7nc(C)nc(C)n7)ccc6c6ccc(-c7nc(C)nc(C)n7)cc65)c4C#N)c3c2)n1. The van der Waals surface area contributed by atoms with Crippen molar-refractivity contribution >= 4 is 43.6 Å². The van der Waals surface area contributed by atoms with Crippen molar-refractivity contribution < 1.29 is 26.3 Å². The van der Waals surface area contributed by atoms with Crippen LogP contribution in [0.15, 0.2) is 103 Å². The van der Waals surface area contributed by atoms with E-state index in [0.717, 1.165) is 6.07 Å². The molecular weight excluding hydrogens is 1030 g/mol. The number of benzene rings is 6. The van der Waals surface area contributed by atoms with Gasteiger partial charge >= 0.3 is 12.4 Å². The van der Waals surface area contributed by atoms with Crippen molar-refractivity contribution in [1.82, 2.24) is 68.9 Å². The van der Waals surface area contributed by atoms with Gasteiger partial charge in [0.1, 0.15) is 58.2 Å². The van der Waals surface area contributed by atoms with E-state index in [1.807, 2.05) is 72.8 Å². The fourth-order valence-corrected chi connectivity index (χ4v) is 10.5. The molecule has 0 saturated heterocycles. The molecule has 6 heterocycles. The summed E-state index contributed by atoms with van der Waals surface area (Å²) in [7, 11) is 0. The zero-order valence-corrected chi connectivity index (χ0v) is 43.8. The summed E-state index contributed by atoms with van der Waals surface area (Å²) < 4.78 is 93.5. The van der Waals surface area contributed by atoms with Crippen molar-refractivity contribution in [2.24, 2.45) is 0 Å². The van der Waals surface area contributed by atoms with Crippen molar-refractivity contribution in [3.63, 3.8) is 0 Å². The lowest BCUT2D eigenvalue weighted by Gasteiger charge is -2.21. The molecule has 6 aromatic carbocycles. The van der Waals surface area contributed by atoms with E-state index in [9.17, 15) is 18.4 Å². The van der Waals surface area contributed by atoms with Gasteiger partial charge in [0.25, 0.3) is 0 Å². The summed E-state index contributed by atoms with van der Waals surface area (Å²) in [6.07, 6.45) is -10.4. The number of hydrogen-bond donors (Lipinski definition) is 0. The van der Waals surface area contributed by atoms with Gasteiger partial charge < -0.3 is 9.13 Å². The molecule has 394 valence electrons. The molecule has 0 aliphatic rings. The molecule has 6 aromatic heterocycles. The van der Waals surface area contributed by atoms with E-state index in [2.05, 4.69) is 65.9 Å². The molecule has 80 heavy (non-hydrogen) atoms. The molecule has 0 aliphatic carbocycles. The lowest BCUT2D eigenvalue weighted by molar-refractivity contribution is -0.142. The van der Waals surface area contributed by atoms with Crippen LogP contribution >= 0.6 is 0 Å². The Morgan fingerprint density at radius 1 is 0.350 bits per heavy atom. The summed E-state index contributed by atoms with van der Waals surface area (Å²) in [5.74, 6) is 5.02. The van der Waals surface area contributed by atoms with Crippen molar-refractivity contribution in [2.45, 2.75) is 67.7 Å². The molecule has 0 aliphatic heterocycles. The van der Waals surface area contributed by atoms with Gasteiger partial charge in [0.05, 0.1) is 44.6 Å². The van der Waals surface area contributed by atoms with E-state index in [1.54, 1.807) is 64.5 Å². The first-order chi connectivity index (χ1) is 38.1. The molecule has 12 aromatic rings. The lowest BCUT2D eigenvalue weighted by Crippen LogP contribution is -2.12. The zero-order chi connectivity index (χ0) is 56.3. The minimum absolute atomic E-state index is 0.0316. The summed E-state index contributed by atoms with van der Waals surface area (Å²) in [5, 5.41) is 14.6. The van der Waals surface area contributed by atoms with Crippen LogP contribution in [0, 0.1) is 66.7 Å². The fraction of sp³-hybridized carbons (Fsp3) is 0.169. The topological polar surface area (TPSA) is 188 Å². The molecule has 15 nitrogen and oxygen atoms in total. The highest BCUT2D eigenvalue weighted by Gasteiger charge is 2.39. The number of rotatable bonds is 7. The Labute approximate surface area is 450 Å². The molecule has 0 bridgehead atoms. The molecule has 12 rings (SSSR count). The van der Waals surface area contributed by atoms with Gasteiger partial charge in [0.15, 0.2) is 23.3 Å². The highest BCUT2D eigenvalue weighted by atomic mass is 19.4. The van der Waals surface area contributed by atoms with E-state index in [0.29, 0.717) is 142 Å². The Balaban J connectivity index is 1.27. The van der Waals surface area contributed by atoms with Crippen LogP contribution in [0.5, 0.6) is 0 Å². The first kappa shape index (κ1) is 50.8. The predicted octanol–water partition coefficient (Wildman–Crippen LogP) is 13.3. The molecule has 0 fully saturated rings. The van der Waals surface area contributed by atoms with E-state index in [-0.39, 0.29) is 28.6 Å². The average molecular weight is 1070 g/mol. The Bertz CT molecular complexity index is 4100. The Morgan fingerprint density at radius 3 is 0.912 bits per heavy atom. The van der Waals surface area contributed by atoms with Crippen molar-refractivity contribution in [3.05, 3.63) is 166 Å². The minimum atomic E-state index is -5.29. The van der Waals surface area contributed by atoms with Gasteiger partial charge in [0.2, 0.25) is 0 Å². The smallest absolute Gasteiger partial charge is 0.308 e. The van der Waals surface area contributed by atoms with Crippen LogP contribution in [-0.4, -0.2) is 68.9 Å². The van der Waals surface area contributed by atoms with Crippen LogP contribution in [0.4, 0.5) is 26.3 Å². The predicted molar refractivity (Wildman–Crippen MR) is 288 cm³/mol. The van der Waals surface area contributed by atoms with Gasteiger partial charge in [-0.2, -0.15) is 31.6 Å². The van der Waals surface area contributed by atoms with Crippen molar-refractivity contribution in [1.29, 1.82) is 5.26 Å². The summed E-state index contributed by atoms with van der Waals surface area (Å²) in [6.45, 7) is 13.9. The molecule has 0 atom stereocenters. The third-order valence-electron chi connectivity index (χ3n) is 13.7. The Hall–Kier alpha value is -9.97. The lowest BCUT2D eigenvalue weighted by atomic mass is 9.94. The molecule has 0 saturated carbocycles. The largest absolute Gasteiger partial charge is 0.417 e. The van der Waals surface area contributed by atoms with Crippen LogP contribution in [0.3, 0.4) is 0 Å². The number of nitriles is 1. The Kier molecular flexibility index (Phi) is 11.8. The molecule has 0 spiro atoms. The van der Waals surface area contributed by atoms with Crippen LogP contribution < -0.4 is 0 Å². The molecule has 0 radical (unpaired) electrons. The van der Waals surface area contributed by atoms with Gasteiger partial charge in [-0.25, -0.2) is 59.8 Å². The number of halogens is 6. The number of aromatic nitrogens is 14. The molecule has 0 unspecified atom stereocenters. The highest BCUT2D eigenvalue weighted by Crippen LogP contribution is 2.46. The van der Waals surface area contributed by atoms with Crippen LogP contribution in [0.1, 0.15) is 63.3 Å². The Morgan fingerprint density at radius 2 is 0.650 bits per heavy atom. The third kappa shape index (κ3) is 8.93. The third-order valence-corrected chi connectivity index (χ3v) is 13.7. The maximum atomic E-state index is 15.6. The first-order valence-corrected chi connectivity index (χ1v) is 24.9. The van der Waals surface area contributed by atoms with Crippen LogP contribution in [0.2, 0.25) is 0 Å². The maximum absolute atomic E-state index is 15.6. The normalized spacial score (nSPS) is 12.1. The second-order valence-electron chi connectivity index (χ2n) is 19.4. The minimum Gasteiger partial charge on any atom is -0.308 e. The fourth-order valence-electron chi connectivity index (χ4n) is 10.5. The van der Waals surface area contributed by atoms with E-state index >= 15 is 13.2 Å². The molecule has 0 N–H and O–H groups in total. The quantitative estimate of drug-likeness (QED) is 0.137. The summed E-state index contributed by atoms with van der Waals surface area (Å²) in [5.41, 5.74) is 0.419. The molecule has 21 heteroatoms. The number of hydrogen-bond acceptors (Lipinski definition) is 13. The standard InChI is InChI=1S/C59H41F6N15/c1-27-67-28(2)72-54(71-27)35-9-14-42-43-15-10-36(55-73-29(3)68-30(4)74-55)20-49(43)79(48(42)19-35)52-23-39(41-18-13-40(58(60,61)62)25-47(41)59(63,64)65)24-53(46(52)26-66)80-50-21-37(56-75-31(5)69-32(6)76-56)11-16-44(50)45-17-12-38(22-51(45)80)57-77-33(7)70-34(8)78-57/h9-25H,1-8H3. The number of alkyl halides is 6. The van der Waals surface area contributed by atoms with E-state index < -0.39 is 29.0 Å².